The van der Waals surface area contributed by atoms with Gasteiger partial charge in [-0.05, 0) is 19.4 Å². The van der Waals surface area contributed by atoms with Crippen LogP contribution in [-0.4, -0.2) is 36.1 Å². The Labute approximate surface area is 118 Å². The lowest BCUT2D eigenvalue weighted by molar-refractivity contribution is -0.202. The van der Waals surface area contributed by atoms with Crippen molar-refractivity contribution in [2.24, 2.45) is 5.92 Å². The van der Waals surface area contributed by atoms with Crippen LogP contribution in [0.15, 0.2) is 30.3 Å². The van der Waals surface area contributed by atoms with E-state index in [0.717, 1.165) is 11.8 Å². The molecule has 108 valence electrons. The first-order chi connectivity index (χ1) is 9.53. The Morgan fingerprint density at radius 1 is 1.45 bits per heavy atom. The number of ether oxygens (including phenoxy) is 1. The zero-order valence-corrected chi connectivity index (χ0v) is 11.9. The highest BCUT2D eigenvalue weighted by Crippen LogP contribution is 2.38. The van der Waals surface area contributed by atoms with Gasteiger partial charge >= 0.3 is 5.97 Å². The molecule has 0 bridgehead atoms. The lowest BCUT2D eigenvalue weighted by Gasteiger charge is -2.32. The third-order valence-electron chi connectivity index (χ3n) is 3.88. The van der Waals surface area contributed by atoms with E-state index in [2.05, 4.69) is 0 Å². The summed E-state index contributed by atoms with van der Waals surface area (Å²) in [5.74, 6) is -1.02. The van der Waals surface area contributed by atoms with Crippen LogP contribution in [0.25, 0.3) is 0 Å². The molecule has 3 atom stereocenters. The Balaban J connectivity index is 2.31. The Morgan fingerprint density at radius 2 is 2.10 bits per heavy atom. The Bertz CT molecular complexity index is 490. The van der Waals surface area contributed by atoms with Crippen LogP contribution in [0.3, 0.4) is 0 Å². The van der Waals surface area contributed by atoms with Crippen LogP contribution in [-0.2, 0) is 25.7 Å². The summed E-state index contributed by atoms with van der Waals surface area (Å²) < 4.78 is 4.87. The van der Waals surface area contributed by atoms with E-state index in [9.17, 15) is 9.59 Å². The third kappa shape index (κ3) is 2.34. The van der Waals surface area contributed by atoms with Crippen LogP contribution in [0.4, 0.5) is 0 Å². The summed E-state index contributed by atoms with van der Waals surface area (Å²) in [6, 6.07) is 9.65. The molecular weight excluding hydrogens is 258 g/mol. The second-order valence-electron chi connectivity index (χ2n) is 5.13. The molecule has 2 rings (SSSR count). The summed E-state index contributed by atoms with van der Waals surface area (Å²) in [6.45, 7) is 3.89. The zero-order chi connectivity index (χ0) is 14.8. The number of hydroxylamine groups is 2. The number of nitrogens with zero attached hydrogens (tertiary/aromatic N) is 1. The van der Waals surface area contributed by atoms with Crippen LogP contribution in [0.1, 0.15) is 19.4 Å². The summed E-state index contributed by atoms with van der Waals surface area (Å²) in [4.78, 5) is 29.2. The Hall–Kier alpha value is -1.72. The average molecular weight is 277 g/mol. The maximum Gasteiger partial charge on any atom is 0.329 e. The molecule has 0 saturated carbocycles. The van der Waals surface area contributed by atoms with Gasteiger partial charge in [-0.3, -0.25) is 4.84 Å². The summed E-state index contributed by atoms with van der Waals surface area (Å²) >= 11 is 0. The fraction of sp³-hybridized carbons (Fsp3) is 0.467. The van der Waals surface area contributed by atoms with Crippen molar-refractivity contribution in [3.05, 3.63) is 35.9 Å². The van der Waals surface area contributed by atoms with Gasteiger partial charge in [0.25, 0.3) is 0 Å². The molecule has 0 N–H and O–H groups in total. The lowest BCUT2D eigenvalue weighted by atomic mass is 9.84. The first-order valence-electron chi connectivity index (χ1n) is 6.56. The largest absolute Gasteiger partial charge is 0.468 e. The Morgan fingerprint density at radius 3 is 2.65 bits per heavy atom. The highest BCUT2D eigenvalue weighted by molar-refractivity contribution is 5.85. The van der Waals surface area contributed by atoms with Gasteiger partial charge in [-0.25, -0.2) is 4.79 Å². The van der Waals surface area contributed by atoms with Crippen molar-refractivity contribution in [2.75, 3.05) is 7.11 Å². The van der Waals surface area contributed by atoms with Gasteiger partial charge in [-0.2, -0.15) is 5.06 Å². The molecule has 0 aliphatic carbocycles. The van der Waals surface area contributed by atoms with Gasteiger partial charge in [0, 0.05) is 0 Å². The number of methoxy groups -OCH3 is 1. The molecule has 0 spiro atoms. The van der Waals surface area contributed by atoms with Crippen molar-refractivity contribution >= 4 is 12.3 Å². The molecule has 1 aromatic rings. The molecule has 20 heavy (non-hydrogen) atoms. The molecule has 1 aliphatic heterocycles. The SMILES string of the molecule is COC(=O)[C@@]1(C)[C@H](C=O)[C@@H](C)ON1Cc1ccccc1. The molecule has 5 nitrogen and oxygen atoms in total. The number of hydrogen-bond acceptors (Lipinski definition) is 5. The molecule has 0 aromatic heterocycles. The van der Waals surface area contributed by atoms with E-state index in [1.54, 1.807) is 18.9 Å². The second kappa shape index (κ2) is 5.73. The summed E-state index contributed by atoms with van der Waals surface area (Å²) in [7, 11) is 1.32. The number of carbonyl (C=O) groups excluding carboxylic acids is 2. The molecule has 0 amide bonds. The van der Waals surface area contributed by atoms with Crippen molar-refractivity contribution in [3.8, 4) is 0 Å². The van der Waals surface area contributed by atoms with Gasteiger partial charge < -0.3 is 9.53 Å². The van der Waals surface area contributed by atoms with E-state index >= 15 is 0 Å². The van der Waals surface area contributed by atoms with Gasteiger partial charge in [-0.1, -0.05) is 30.3 Å². The maximum atomic E-state index is 12.1. The minimum absolute atomic E-state index is 0.361. The number of hydrogen-bond donors (Lipinski definition) is 0. The fourth-order valence-corrected chi connectivity index (χ4v) is 2.64. The summed E-state index contributed by atoms with van der Waals surface area (Å²) in [5.41, 5.74) is -0.104. The first-order valence-corrected chi connectivity index (χ1v) is 6.56. The molecule has 0 unspecified atom stereocenters. The normalized spacial score (nSPS) is 30.1. The van der Waals surface area contributed by atoms with E-state index in [1.165, 1.54) is 7.11 Å². The van der Waals surface area contributed by atoms with Crippen molar-refractivity contribution in [1.82, 2.24) is 5.06 Å². The standard InChI is InChI=1S/C15H19NO4/c1-11-13(10-17)15(2,14(18)19-3)16(20-11)9-12-7-5-4-6-8-12/h4-8,10-11,13H,9H2,1-3H3/t11-,13-,15-/m1/s1. The number of benzene rings is 1. The van der Waals surface area contributed by atoms with Gasteiger partial charge in [0.2, 0.25) is 0 Å². The predicted octanol–water partition coefficient (Wildman–Crippen LogP) is 1.57. The van der Waals surface area contributed by atoms with Crippen molar-refractivity contribution in [2.45, 2.75) is 32.0 Å². The fourth-order valence-electron chi connectivity index (χ4n) is 2.64. The molecule has 1 saturated heterocycles. The third-order valence-corrected chi connectivity index (χ3v) is 3.88. The summed E-state index contributed by atoms with van der Waals surface area (Å²) in [6.07, 6.45) is 0.410. The molecule has 5 heteroatoms. The highest BCUT2D eigenvalue weighted by Gasteiger charge is 2.56. The molecule has 1 aliphatic rings. The number of carbonyl (C=O) groups is 2. The quantitative estimate of drug-likeness (QED) is 0.617. The lowest BCUT2D eigenvalue weighted by Crippen LogP contribution is -2.52. The maximum absolute atomic E-state index is 12.1. The minimum atomic E-state index is -1.11. The van der Waals surface area contributed by atoms with Crippen molar-refractivity contribution < 1.29 is 19.2 Å². The topological polar surface area (TPSA) is 55.8 Å². The van der Waals surface area contributed by atoms with Gasteiger partial charge in [-0.15, -0.1) is 0 Å². The van der Waals surface area contributed by atoms with Crippen molar-refractivity contribution in [3.63, 3.8) is 0 Å². The van der Waals surface area contributed by atoms with Crippen LogP contribution >= 0.6 is 0 Å². The van der Waals surface area contributed by atoms with E-state index in [0.29, 0.717) is 6.54 Å². The van der Waals surface area contributed by atoms with E-state index in [1.807, 2.05) is 30.3 Å². The van der Waals surface area contributed by atoms with E-state index < -0.39 is 17.4 Å². The van der Waals surface area contributed by atoms with Crippen LogP contribution in [0.2, 0.25) is 0 Å². The van der Waals surface area contributed by atoms with Crippen LogP contribution in [0.5, 0.6) is 0 Å². The predicted molar refractivity (Wildman–Crippen MR) is 72.5 cm³/mol. The van der Waals surface area contributed by atoms with Gasteiger partial charge in [0.15, 0.2) is 5.54 Å². The molecule has 1 heterocycles. The second-order valence-corrected chi connectivity index (χ2v) is 5.13. The van der Waals surface area contributed by atoms with E-state index in [4.69, 9.17) is 9.57 Å². The van der Waals surface area contributed by atoms with Gasteiger partial charge in [0.05, 0.1) is 25.7 Å². The van der Waals surface area contributed by atoms with Crippen LogP contribution in [0, 0.1) is 5.92 Å². The smallest absolute Gasteiger partial charge is 0.329 e. The minimum Gasteiger partial charge on any atom is -0.468 e. The zero-order valence-electron chi connectivity index (χ0n) is 11.9. The highest BCUT2D eigenvalue weighted by atomic mass is 16.7. The molecule has 1 fully saturated rings. The number of esters is 1. The monoisotopic (exact) mass is 277 g/mol. The van der Waals surface area contributed by atoms with E-state index in [-0.39, 0.29) is 6.10 Å². The Kier molecular flexibility index (Phi) is 4.20. The van der Waals surface area contributed by atoms with Crippen molar-refractivity contribution in [1.29, 1.82) is 0 Å². The molecule has 1 aromatic carbocycles. The van der Waals surface area contributed by atoms with Crippen LogP contribution < -0.4 is 0 Å². The number of rotatable bonds is 4. The average Bonchev–Trinajstić information content (AvgIpc) is 2.70. The number of aldehydes is 1. The molecular formula is C15H19NO4. The first kappa shape index (κ1) is 14.7. The summed E-state index contributed by atoms with van der Waals surface area (Å²) in [5, 5.41) is 1.55. The molecule has 0 radical (unpaired) electrons. The van der Waals surface area contributed by atoms with Gasteiger partial charge in [0.1, 0.15) is 6.29 Å².